The topological polar surface area (TPSA) is 29.5 Å². The largest absolute Gasteiger partial charge is 0.390 e. The molecule has 3 heteroatoms. The van der Waals surface area contributed by atoms with Crippen LogP contribution in [0, 0.1) is 5.92 Å². The molecule has 0 heterocycles. The maximum Gasteiger partial charge on any atom is 0.0861 e. The number of aliphatic hydroxyl groups excluding tert-OH is 1. The Kier molecular flexibility index (Phi) is 3.85. The van der Waals surface area contributed by atoms with Gasteiger partial charge in [-0.2, -0.15) is 0 Å². The van der Waals surface area contributed by atoms with Crippen molar-refractivity contribution < 1.29 is 9.84 Å². The zero-order valence-corrected chi connectivity index (χ0v) is 10.2. The second kappa shape index (κ2) is 5.17. The third-order valence-corrected chi connectivity index (χ3v) is 3.35. The summed E-state index contributed by atoms with van der Waals surface area (Å²) in [5, 5.41) is 10.8. The maximum absolute atomic E-state index is 10.1. The lowest BCUT2D eigenvalue weighted by molar-refractivity contribution is -0.0237. The summed E-state index contributed by atoms with van der Waals surface area (Å²) in [7, 11) is 1.67. The minimum Gasteiger partial charge on any atom is -0.390 e. The summed E-state index contributed by atoms with van der Waals surface area (Å²) in [6, 6.07) is 7.60. The molecule has 1 fully saturated rings. The molecular formula is C13H17ClO2. The van der Waals surface area contributed by atoms with E-state index in [4.69, 9.17) is 16.3 Å². The first-order chi connectivity index (χ1) is 7.70. The van der Waals surface area contributed by atoms with E-state index in [1.807, 2.05) is 24.3 Å². The van der Waals surface area contributed by atoms with Crippen molar-refractivity contribution >= 4 is 11.6 Å². The highest BCUT2D eigenvalue weighted by Gasteiger charge is 2.35. The maximum atomic E-state index is 10.1. The van der Waals surface area contributed by atoms with Gasteiger partial charge in [0.25, 0.3) is 0 Å². The van der Waals surface area contributed by atoms with E-state index in [2.05, 4.69) is 0 Å². The van der Waals surface area contributed by atoms with Crippen LogP contribution in [0.2, 0.25) is 5.02 Å². The number of aliphatic hydroxyl groups is 1. The molecule has 16 heavy (non-hydrogen) atoms. The molecule has 1 N–H and O–H groups in total. The second-order valence-corrected chi connectivity index (χ2v) is 4.87. The number of rotatable bonds is 5. The monoisotopic (exact) mass is 240 g/mol. The summed E-state index contributed by atoms with van der Waals surface area (Å²) in [4.78, 5) is 0. The Labute approximate surface area is 101 Å². The average molecular weight is 241 g/mol. The molecule has 1 aliphatic carbocycles. The van der Waals surface area contributed by atoms with Gasteiger partial charge in [-0.05, 0) is 36.5 Å². The molecule has 2 unspecified atom stereocenters. The molecule has 1 aromatic carbocycles. The highest BCUT2D eigenvalue weighted by molar-refractivity contribution is 6.30. The van der Waals surface area contributed by atoms with Gasteiger partial charge in [-0.1, -0.05) is 23.7 Å². The number of halogens is 1. The zero-order valence-electron chi connectivity index (χ0n) is 9.40. The fourth-order valence-corrected chi connectivity index (χ4v) is 2.19. The quantitative estimate of drug-likeness (QED) is 0.858. The lowest BCUT2D eigenvalue weighted by Gasteiger charge is -2.21. The van der Waals surface area contributed by atoms with Crippen LogP contribution in [0.4, 0.5) is 0 Å². The van der Waals surface area contributed by atoms with Gasteiger partial charge in [0.15, 0.2) is 0 Å². The van der Waals surface area contributed by atoms with Crippen LogP contribution in [-0.4, -0.2) is 24.4 Å². The summed E-state index contributed by atoms with van der Waals surface area (Å²) in [5.74, 6) is 0.548. The van der Waals surface area contributed by atoms with Crippen LogP contribution in [0.15, 0.2) is 24.3 Å². The van der Waals surface area contributed by atoms with Crippen LogP contribution >= 0.6 is 11.6 Å². The number of benzene rings is 1. The van der Waals surface area contributed by atoms with E-state index < -0.39 is 6.10 Å². The smallest absolute Gasteiger partial charge is 0.0861 e. The summed E-state index contributed by atoms with van der Waals surface area (Å²) in [6.45, 7) is 0. The third-order valence-electron chi connectivity index (χ3n) is 3.10. The highest BCUT2D eigenvalue weighted by Crippen LogP contribution is 2.36. The van der Waals surface area contributed by atoms with Crippen molar-refractivity contribution in [1.82, 2.24) is 0 Å². The number of hydrogen-bond acceptors (Lipinski definition) is 2. The molecule has 2 atom stereocenters. The van der Waals surface area contributed by atoms with Gasteiger partial charge in [0.1, 0.15) is 0 Å². The van der Waals surface area contributed by atoms with Crippen LogP contribution in [0.25, 0.3) is 0 Å². The Hall–Kier alpha value is -0.570. The normalized spacial score (nSPS) is 19.4. The predicted octanol–water partition coefficient (Wildman–Crippen LogP) is 2.67. The van der Waals surface area contributed by atoms with Gasteiger partial charge in [0.05, 0.1) is 12.2 Å². The first-order valence-electron chi connectivity index (χ1n) is 5.66. The van der Waals surface area contributed by atoms with E-state index in [1.54, 1.807) is 7.11 Å². The van der Waals surface area contributed by atoms with Gasteiger partial charge in [-0.25, -0.2) is 0 Å². The number of hydrogen-bond donors (Lipinski definition) is 1. The Morgan fingerprint density at radius 1 is 1.38 bits per heavy atom. The van der Waals surface area contributed by atoms with E-state index in [9.17, 15) is 5.11 Å². The second-order valence-electron chi connectivity index (χ2n) is 4.44. The van der Waals surface area contributed by atoms with Crippen LogP contribution in [-0.2, 0) is 11.2 Å². The van der Waals surface area contributed by atoms with Crippen LogP contribution in [0.1, 0.15) is 18.4 Å². The Balaban J connectivity index is 1.94. The molecule has 0 amide bonds. The minimum atomic E-state index is -0.418. The number of ether oxygens (including phenoxy) is 1. The lowest BCUT2D eigenvalue weighted by atomic mass is 10.0. The summed E-state index contributed by atoms with van der Waals surface area (Å²) in [6.07, 6.45) is 2.55. The molecular weight excluding hydrogens is 224 g/mol. The molecule has 2 rings (SSSR count). The molecule has 0 spiro atoms. The van der Waals surface area contributed by atoms with Crippen LogP contribution in [0.3, 0.4) is 0 Å². The third kappa shape index (κ3) is 2.97. The van der Waals surface area contributed by atoms with Crippen molar-refractivity contribution in [3.8, 4) is 0 Å². The first-order valence-corrected chi connectivity index (χ1v) is 6.04. The SMILES string of the molecule is COC(C(O)Cc1ccc(Cl)cc1)C1CC1. The molecule has 0 saturated heterocycles. The fraction of sp³-hybridized carbons (Fsp3) is 0.538. The molecule has 0 aliphatic heterocycles. The van der Waals surface area contributed by atoms with E-state index in [0.717, 1.165) is 10.6 Å². The Morgan fingerprint density at radius 2 is 2.00 bits per heavy atom. The van der Waals surface area contributed by atoms with Crippen molar-refractivity contribution in [2.24, 2.45) is 5.92 Å². The van der Waals surface area contributed by atoms with E-state index >= 15 is 0 Å². The Morgan fingerprint density at radius 3 is 2.50 bits per heavy atom. The summed E-state index contributed by atoms with van der Waals surface area (Å²) in [5.41, 5.74) is 1.10. The van der Waals surface area contributed by atoms with Crippen molar-refractivity contribution in [3.63, 3.8) is 0 Å². The zero-order chi connectivity index (χ0) is 11.5. The molecule has 0 bridgehead atoms. The van der Waals surface area contributed by atoms with Crippen molar-refractivity contribution in [2.45, 2.75) is 31.5 Å². The van der Waals surface area contributed by atoms with Gasteiger partial charge in [0.2, 0.25) is 0 Å². The van der Waals surface area contributed by atoms with E-state index in [0.29, 0.717) is 12.3 Å². The first kappa shape index (κ1) is 11.9. The predicted molar refractivity (Wildman–Crippen MR) is 64.7 cm³/mol. The standard InChI is InChI=1S/C13H17ClO2/c1-16-13(10-4-5-10)12(15)8-9-2-6-11(14)7-3-9/h2-3,6-7,10,12-13,15H,4-5,8H2,1H3. The van der Waals surface area contributed by atoms with Crippen molar-refractivity contribution in [3.05, 3.63) is 34.9 Å². The van der Waals surface area contributed by atoms with Gasteiger partial charge in [-0.3, -0.25) is 0 Å². The van der Waals surface area contributed by atoms with Gasteiger partial charge < -0.3 is 9.84 Å². The van der Waals surface area contributed by atoms with E-state index in [-0.39, 0.29) is 6.10 Å². The van der Waals surface area contributed by atoms with Gasteiger partial charge in [-0.15, -0.1) is 0 Å². The van der Waals surface area contributed by atoms with E-state index in [1.165, 1.54) is 12.8 Å². The van der Waals surface area contributed by atoms with Crippen LogP contribution < -0.4 is 0 Å². The van der Waals surface area contributed by atoms with Gasteiger partial charge >= 0.3 is 0 Å². The molecule has 88 valence electrons. The number of methoxy groups -OCH3 is 1. The lowest BCUT2D eigenvalue weighted by Crippen LogP contribution is -2.31. The molecule has 0 radical (unpaired) electrons. The average Bonchev–Trinajstić information content (AvgIpc) is 3.07. The van der Waals surface area contributed by atoms with Crippen molar-refractivity contribution in [2.75, 3.05) is 7.11 Å². The van der Waals surface area contributed by atoms with Crippen molar-refractivity contribution in [1.29, 1.82) is 0 Å². The van der Waals surface area contributed by atoms with Gasteiger partial charge in [0, 0.05) is 18.6 Å². The molecule has 1 aliphatic rings. The molecule has 1 saturated carbocycles. The molecule has 2 nitrogen and oxygen atoms in total. The summed E-state index contributed by atoms with van der Waals surface area (Å²) < 4.78 is 5.36. The minimum absolute atomic E-state index is 0.0179. The highest BCUT2D eigenvalue weighted by atomic mass is 35.5. The molecule has 1 aromatic rings. The summed E-state index contributed by atoms with van der Waals surface area (Å²) >= 11 is 5.81. The molecule has 0 aromatic heterocycles. The Bertz CT molecular complexity index is 332. The van der Waals surface area contributed by atoms with Crippen LogP contribution in [0.5, 0.6) is 0 Å². The fourth-order valence-electron chi connectivity index (χ4n) is 2.07.